The van der Waals surface area contributed by atoms with Crippen molar-refractivity contribution < 1.29 is 27.9 Å². The lowest BCUT2D eigenvalue weighted by atomic mass is 9.94. The number of hydrogen-bond donors (Lipinski definition) is 2. The first-order chi connectivity index (χ1) is 12.8. The fourth-order valence-electron chi connectivity index (χ4n) is 2.31. The number of aryl methyl sites for hydroxylation is 1. The Morgan fingerprint density at radius 1 is 1.21 bits per heavy atom. The van der Waals surface area contributed by atoms with Gasteiger partial charge in [-0.15, -0.1) is 0 Å². The van der Waals surface area contributed by atoms with Gasteiger partial charge in [-0.25, -0.2) is 4.68 Å². The van der Waals surface area contributed by atoms with Crippen LogP contribution in [0.2, 0.25) is 0 Å². The number of halogens is 3. The summed E-state index contributed by atoms with van der Waals surface area (Å²) in [6.07, 6.45) is -4.66. The van der Waals surface area contributed by atoms with E-state index in [1.54, 1.807) is 0 Å². The second kappa shape index (κ2) is 7.45. The number of carbonyl (C=O) groups is 2. The molecule has 0 unspecified atom stereocenters. The molecule has 2 aromatic rings. The highest BCUT2D eigenvalue weighted by Crippen LogP contribution is 2.33. The molecule has 0 aliphatic rings. The van der Waals surface area contributed by atoms with Gasteiger partial charge in [0.2, 0.25) is 5.43 Å². The summed E-state index contributed by atoms with van der Waals surface area (Å²) in [4.78, 5) is 35.6. The Kier molecular flexibility index (Phi) is 5.62. The maximum absolute atomic E-state index is 13.3. The molecule has 150 valence electrons. The van der Waals surface area contributed by atoms with Crippen LogP contribution in [0.5, 0.6) is 0 Å². The summed E-state index contributed by atoms with van der Waals surface area (Å²) in [5.41, 5.74) is -3.95. The topological polar surface area (TPSA) is 101 Å². The summed E-state index contributed by atoms with van der Waals surface area (Å²) in [7, 11) is 0. The number of hydrogen-bond acceptors (Lipinski definition) is 4. The van der Waals surface area contributed by atoms with Crippen LogP contribution in [0.15, 0.2) is 35.1 Å². The molecular weight excluding hydrogens is 379 g/mol. The highest BCUT2D eigenvalue weighted by atomic mass is 19.4. The zero-order chi connectivity index (χ0) is 21.3. The van der Waals surface area contributed by atoms with Crippen LogP contribution in [0.25, 0.3) is 5.69 Å². The van der Waals surface area contributed by atoms with Gasteiger partial charge in [0.15, 0.2) is 5.69 Å². The second-order valence-corrected chi connectivity index (χ2v) is 6.80. The van der Waals surface area contributed by atoms with Crippen molar-refractivity contribution in [1.29, 1.82) is 0 Å². The summed E-state index contributed by atoms with van der Waals surface area (Å²) < 4.78 is 40.7. The van der Waals surface area contributed by atoms with Crippen LogP contribution in [0.3, 0.4) is 0 Å². The minimum absolute atomic E-state index is 0.101. The fraction of sp³-hybridized carbons (Fsp3) is 0.333. The molecule has 0 fully saturated rings. The monoisotopic (exact) mass is 397 g/mol. The number of carboxylic acid groups (broad SMARTS) is 1. The summed E-state index contributed by atoms with van der Waals surface area (Å²) >= 11 is 0. The van der Waals surface area contributed by atoms with Gasteiger partial charge < -0.3 is 10.4 Å². The second-order valence-electron chi connectivity index (χ2n) is 6.80. The van der Waals surface area contributed by atoms with Crippen molar-refractivity contribution in [2.24, 2.45) is 5.41 Å². The lowest BCUT2D eigenvalue weighted by molar-refractivity contribution is -0.146. The number of nitrogens with one attached hydrogen (secondary N) is 1. The van der Waals surface area contributed by atoms with E-state index in [0.717, 1.165) is 16.8 Å². The predicted molar refractivity (Wildman–Crippen MR) is 93.3 cm³/mol. The molecule has 0 spiro atoms. The van der Waals surface area contributed by atoms with E-state index in [4.69, 9.17) is 5.11 Å². The van der Waals surface area contributed by atoms with Crippen molar-refractivity contribution in [1.82, 2.24) is 15.1 Å². The van der Waals surface area contributed by atoms with Gasteiger partial charge in [0.05, 0.1) is 16.7 Å². The van der Waals surface area contributed by atoms with Crippen molar-refractivity contribution in [3.8, 4) is 5.69 Å². The number of aliphatic carboxylic acids is 1. The average molecular weight is 397 g/mol. The zero-order valence-corrected chi connectivity index (χ0v) is 15.3. The number of para-hydroxylation sites is 1. The molecule has 0 bridgehead atoms. The van der Waals surface area contributed by atoms with Gasteiger partial charge in [0.25, 0.3) is 5.91 Å². The number of aromatic nitrogens is 2. The Morgan fingerprint density at radius 2 is 1.82 bits per heavy atom. The van der Waals surface area contributed by atoms with Crippen molar-refractivity contribution in [2.45, 2.75) is 26.9 Å². The highest BCUT2D eigenvalue weighted by Gasteiger charge is 2.34. The number of benzene rings is 1. The van der Waals surface area contributed by atoms with Crippen LogP contribution in [-0.4, -0.2) is 33.3 Å². The van der Waals surface area contributed by atoms with E-state index in [-0.39, 0.29) is 17.9 Å². The van der Waals surface area contributed by atoms with Crippen molar-refractivity contribution >= 4 is 11.9 Å². The van der Waals surface area contributed by atoms with Gasteiger partial charge in [-0.05, 0) is 32.9 Å². The van der Waals surface area contributed by atoms with Gasteiger partial charge >= 0.3 is 12.1 Å². The first-order valence-electron chi connectivity index (χ1n) is 8.14. The van der Waals surface area contributed by atoms with E-state index >= 15 is 0 Å². The van der Waals surface area contributed by atoms with Gasteiger partial charge in [-0.1, -0.05) is 12.1 Å². The fourth-order valence-corrected chi connectivity index (χ4v) is 2.31. The lowest BCUT2D eigenvalue weighted by Crippen LogP contribution is -2.41. The third-order valence-corrected chi connectivity index (χ3v) is 4.03. The molecule has 0 radical (unpaired) electrons. The number of carboxylic acids is 1. The Morgan fingerprint density at radius 3 is 2.39 bits per heavy atom. The molecular formula is C18H18F3N3O4. The third kappa shape index (κ3) is 4.38. The van der Waals surface area contributed by atoms with E-state index in [1.165, 1.54) is 39.0 Å². The maximum atomic E-state index is 13.3. The third-order valence-electron chi connectivity index (χ3n) is 4.03. The Hall–Kier alpha value is -3.17. The van der Waals surface area contributed by atoms with Gasteiger partial charge in [0, 0.05) is 18.3 Å². The van der Waals surface area contributed by atoms with E-state index in [0.29, 0.717) is 0 Å². The molecule has 0 saturated carbocycles. The molecule has 1 aromatic heterocycles. The van der Waals surface area contributed by atoms with Crippen LogP contribution < -0.4 is 10.7 Å². The largest absolute Gasteiger partial charge is 0.481 e. The molecule has 0 atom stereocenters. The first kappa shape index (κ1) is 21.1. The van der Waals surface area contributed by atoms with Crippen molar-refractivity contribution in [2.75, 3.05) is 6.54 Å². The predicted octanol–water partition coefficient (Wildman–Crippen LogP) is 2.40. The smallest absolute Gasteiger partial charge is 0.418 e. The van der Waals surface area contributed by atoms with Gasteiger partial charge in [0.1, 0.15) is 0 Å². The molecule has 2 N–H and O–H groups in total. The quantitative estimate of drug-likeness (QED) is 0.807. The van der Waals surface area contributed by atoms with E-state index in [2.05, 4.69) is 10.4 Å². The van der Waals surface area contributed by atoms with E-state index in [9.17, 15) is 27.6 Å². The number of rotatable bonds is 5. The molecule has 10 heteroatoms. The van der Waals surface area contributed by atoms with E-state index in [1.807, 2.05) is 0 Å². The van der Waals surface area contributed by atoms with E-state index < -0.39 is 40.2 Å². The normalized spacial score (nSPS) is 11.9. The number of carbonyl (C=O) groups excluding carboxylic acids is 1. The van der Waals surface area contributed by atoms with Crippen molar-refractivity contribution in [3.05, 3.63) is 57.5 Å². The van der Waals surface area contributed by atoms with Crippen LogP contribution in [0.4, 0.5) is 13.2 Å². The molecule has 0 aliphatic carbocycles. The minimum atomic E-state index is -4.66. The number of amides is 1. The maximum Gasteiger partial charge on any atom is 0.418 e. The zero-order valence-electron chi connectivity index (χ0n) is 15.3. The number of alkyl halides is 3. The first-order valence-corrected chi connectivity index (χ1v) is 8.14. The average Bonchev–Trinajstić information content (AvgIpc) is 2.59. The van der Waals surface area contributed by atoms with Crippen LogP contribution in [0, 0.1) is 12.3 Å². The molecule has 2 rings (SSSR count). The van der Waals surface area contributed by atoms with Gasteiger partial charge in [-0.2, -0.15) is 18.3 Å². The standard InChI is InChI=1S/C18H18F3N3O4/c1-10-8-13(25)14(15(26)22-9-17(2,3)16(27)28)23-24(10)12-7-5-4-6-11(12)18(19,20)21/h4-8H,9H2,1-3H3,(H,22,26)(H,27,28). The summed E-state index contributed by atoms with van der Waals surface area (Å²) in [6.45, 7) is 3.83. The highest BCUT2D eigenvalue weighted by molar-refractivity contribution is 5.92. The number of nitrogens with zero attached hydrogens (tertiary/aromatic N) is 2. The van der Waals surface area contributed by atoms with Crippen LogP contribution in [0.1, 0.15) is 35.6 Å². The molecule has 1 heterocycles. The Balaban J connectivity index is 2.48. The van der Waals surface area contributed by atoms with Crippen molar-refractivity contribution in [3.63, 3.8) is 0 Å². The molecule has 7 nitrogen and oxygen atoms in total. The molecule has 0 aliphatic heterocycles. The summed E-state index contributed by atoms with van der Waals surface area (Å²) in [5, 5.41) is 15.2. The Bertz CT molecular complexity index is 981. The molecule has 1 aromatic carbocycles. The molecule has 28 heavy (non-hydrogen) atoms. The van der Waals surface area contributed by atoms with Crippen LogP contribution >= 0.6 is 0 Å². The lowest BCUT2D eigenvalue weighted by Gasteiger charge is -2.20. The van der Waals surface area contributed by atoms with Gasteiger partial charge in [-0.3, -0.25) is 14.4 Å². The van der Waals surface area contributed by atoms with Crippen LogP contribution in [-0.2, 0) is 11.0 Å². The minimum Gasteiger partial charge on any atom is -0.481 e. The molecule has 0 saturated heterocycles. The summed E-state index contributed by atoms with van der Waals surface area (Å²) in [6, 6.07) is 5.62. The summed E-state index contributed by atoms with van der Waals surface area (Å²) in [5.74, 6) is -2.14. The Labute approximate surface area is 157 Å². The SMILES string of the molecule is Cc1cc(=O)c(C(=O)NCC(C)(C)C(=O)O)nn1-c1ccccc1C(F)(F)F. The molecule has 1 amide bonds.